The average Bonchev–Trinajstić information content (AvgIpc) is 3.15. The van der Waals surface area contributed by atoms with Crippen LogP contribution in [0.1, 0.15) is 158 Å². The van der Waals surface area contributed by atoms with Gasteiger partial charge in [-0.3, -0.25) is 0 Å². The van der Waals surface area contributed by atoms with E-state index in [-0.39, 0.29) is 49.6 Å². The molecule has 6 rings (SSSR count). The molecule has 0 saturated heterocycles. The second-order valence-electron chi connectivity index (χ2n) is 18.4. The molecule has 0 spiro atoms. The fraction of sp³-hybridized carbons (Fsp3) is 0.373. The third kappa shape index (κ3) is 7.80. The summed E-state index contributed by atoms with van der Waals surface area (Å²) in [6.45, 7) is 27.2. The molecule has 6 aromatic rings. The number of aryl methyl sites for hydroxylation is 1. The van der Waals surface area contributed by atoms with Crippen molar-refractivity contribution >= 4 is 49.3 Å². The van der Waals surface area contributed by atoms with Crippen molar-refractivity contribution in [2.45, 2.75) is 135 Å². The molecule has 0 amide bonds. The molecule has 58 heavy (non-hydrogen) atoms. The van der Waals surface area contributed by atoms with Crippen LogP contribution in [0.5, 0.6) is 0 Å². The summed E-state index contributed by atoms with van der Waals surface area (Å²) < 4.78 is 29.0. The minimum absolute atomic E-state index is 0.00690. The van der Waals surface area contributed by atoms with Crippen LogP contribution in [-0.2, 0) is 9.84 Å². The SMILES string of the molecule is Cc1ccccc1S(=O)(=O)c1ccc(P(O)(O)(O)c2cc3c(C(C)C)cc(C(C)C)cc3cc2C(C)C)c(-c2cc3c(C(C)C)cc(C(C)C)cc3cc2C(C)C)c1. The van der Waals surface area contributed by atoms with Crippen LogP contribution in [0, 0.1) is 6.92 Å². The van der Waals surface area contributed by atoms with Gasteiger partial charge in [0.15, 0.2) is 0 Å². The van der Waals surface area contributed by atoms with Crippen molar-refractivity contribution in [2.24, 2.45) is 0 Å². The van der Waals surface area contributed by atoms with Crippen LogP contribution in [0.15, 0.2) is 101 Å². The first-order valence-electron chi connectivity index (χ1n) is 20.9. The van der Waals surface area contributed by atoms with Crippen molar-refractivity contribution < 1.29 is 23.1 Å². The quantitative estimate of drug-likeness (QED) is 0.113. The number of hydrogen-bond acceptors (Lipinski definition) is 5. The number of sulfone groups is 1. The van der Waals surface area contributed by atoms with E-state index in [0.717, 1.165) is 38.2 Å². The summed E-state index contributed by atoms with van der Waals surface area (Å²) in [5, 5.41) is 3.88. The molecule has 7 heteroatoms. The van der Waals surface area contributed by atoms with Gasteiger partial charge in [-0.15, -0.1) is 0 Å². The van der Waals surface area contributed by atoms with E-state index in [0.29, 0.717) is 28.5 Å². The molecule has 0 aliphatic rings. The van der Waals surface area contributed by atoms with Gasteiger partial charge in [0.25, 0.3) is 0 Å². The van der Waals surface area contributed by atoms with Crippen LogP contribution in [0.25, 0.3) is 32.7 Å². The minimum atomic E-state index is -6.08. The standard InChI is InChI=1S/C51H63O5PS/c1-29(2)36-20-38-24-43(33(9)10)47(27-45(38)41(22-36)31(5)6)48-26-40(58(55,56)51-17-15-14-16-35(51)13)18-19-49(48)57(52,53,54)50-28-46-39(25-44(50)34(11)12)21-37(30(3)4)23-42(46)32(7)8/h14-34,52-54H,1-13H3. The zero-order chi connectivity index (χ0) is 42.8. The van der Waals surface area contributed by atoms with E-state index in [1.807, 2.05) is 19.9 Å². The van der Waals surface area contributed by atoms with Crippen molar-refractivity contribution in [3.8, 4) is 11.1 Å². The Bertz CT molecular complexity index is 2660. The van der Waals surface area contributed by atoms with Gasteiger partial charge in [0.1, 0.15) is 0 Å². The summed E-state index contributed by atoms with van der Waals surface area (Å²) in [7, 11) is -10.1. The second-order valence-corrected chi connectivity index (χ2v) is 23.2. The Morgan fingerprint density at radius 2 is 0.948 bits per heavy atom. The third-order valence-electron chi connectivity index (χ3n) is 12.0. The summed E-state index contributed by atoms with van der Waals surface area (Å²) >= 11 is 0. The van der Waals surface area contributed by atoms with E-state index in [1.165, 1.54) is 23.3 Å². The molecule has 0 aliphatic carbocycles. The molecule has 308 valence electrons. The first kappa shape index (κ1) is 43.7. The molecular weight excluding hydrogens is 756 g/mol. The monoisotopic (exact) mass is 818 g/mol. The van der Waals surface area contributed by atoms with Crippen molar-refractivity contribution in [3.63, 3.8) is 0 Å². The summed E-state index contributed by atoms with van der Waals surface area (Å²) in [6.07, 6.45) is 0. The first-order valence-corrected chi connectivity index (χ1v) is 24.5. The van der Waals surface area contributed by atoms with Crippen molar-refractivity contribution in [3.05, 3.63) is 130 Å². The second kappa shape index (κ2) is 15.6. The molecule has 6 aromatic carbocycles. The van der Waals surface area contributed by atoms with Gasteiger partial charge >= 0.3 is 349 Å². The van der Waals surface area contributed by atoms with Gasteiger partial charge in [0.05, 0.1) is 0 Å². The van der Waals surface area contributed by atoms with Crippen LogP contribution >= 0.6 is 7.28 Å². The van der Waals surface area contributed by atoms with E-state index in [4.69, 9.17) is 0 Å². The fourth-order valence-electron chi connectivity index (χ4n) is 8.48. The molecule has 0 saturated carbocycles. The molecule has 0 aliphatic heterocycles. The Hall–Kier alpha value is -3.90. The van der Waals surface area contributed by atoms with Gasteiger partial charge in [0.2, 0.25) is 0 Å². The Morgan fingerprint density at radius 3 is 1.43 bits per heavy atom. The predicted octanol–water partition coefficient (Wildman–Crippen LogP) is 12.8. The number of rotatable bonds is 11. The van der Waals surface area contributed by atoms with E-state index in [9.17, 15) is 23.1 Å². The van der Waals surface area contributed by atoms with Gasteiger partial charge in [-0.1, -0.05) is 0 Å². The third-order valence-corrected chi connectivity index (χ3v) is 16.5. The average molecular weight is 819 g/mol. The van der Waals surface area contributed by atoms with Gasteiger partial charge in [-0.2, -0.15) is 0 Å². The van der Waals surface area contributed by atoms with Gasteiger partial charge in [0, 0.05) is 0 Å². The topological polar surface area (TPSA) is 94.8 Å². The Morgan fingerprint density at radius 1 is 0.466 bits per heavy atom. The van der Waals surface area contributed by atoms with Gasteiger partial charge in [-0.05, 0) is 0 Å². The number of fused-ring (bicyclic) bond motifs is 2. The predicted molar refractivity (Wildman–Crippen MR) is 247 cm³/mol. The Kier molecular flexibility index (Phi) is 11.8. The molecule has 0 bridgehead atoms. The Balaban J connectivity index is 1.78. The van der Waals surface area contributed by atoms with Crippen LogP contribution < -0.4 is 10.6 Å². The van der Waals surface area contributed by atoms with Crippen LogP contribution in [0.3, 0.4) is 0 Å². The van der Waals surface area contributed by atoms with Gasteiger partial charge in [-0.25, -0.2) is 0 Å². The van der Waals surface area contributed by atoms with Crippen LogP contribution in [0.2, 0.25) is 0 Å². The zero-order valence-corrected chi connectivity index (χ0v) is 38.3. The molecule has 5 nitrogen and oxygen atoms in total. The van der Waals surface area contributed by atoms with Crippen LogP contribution in [0.4, 0.5) is 0 Å². The van der Waals surface area contributed by atoms with E-state index < -0.39 is 17.1 Å². The Labute approximate surface area is 347 Å². The summed E-state index contributed by atoms with van der Waals surface area (Å²) in [4.78, 5) is 39.3. The van der Waals surface area contributed by atoms with E-state index in [2.05, 4.69) is 106 Å². The summed E-state index contributed by atoms with van der Waals surface area (Å²) in [5.41, 5.74) is 7.71. The maximum absolute atomic E-state index is 14.5. The van der Waals surface area contributed by atoms with E-state index in [1.54, 1.807) is 43.3 Å². The molecule has 0 heterocycles. The zero-order valence-electron chi connectivity index (χ0n) is 36.6. The van der Waals surface area contributed by atoms with Gasteiger partial charge < -0.3 is 0 Å². The fourth-order valence-corrected chi connectivity index (χ4v) is 12.4. The maximum atomic E-state index is 14.5. The molecule has 0 fully saturated rings. The van der Waals surface area contributed by atoms with Crippen molar-refractivity contribution in [1.29, 1.82) is 0 Å². The molecule has 0 radical (unpaired) electrons. The number of hydrogen-bond donors (Lipinski definition) is 3. The molecule has 0 unspecified atom stereocenters. The van der Waals surface area contributed by atoms with Crippen LogP contribution in [-0.4, -0.2) is 23.1 Å². The van der Waals surface area contributed by atoms with Crippen molar-refractivity contribution in [1.82, 2.24) is 0 Å². The molecule has 0 atom stereocenters. The summed E-state index contributed by atoms with van der Waals surface area (Å²) in [5.74, 6) is 0.688. The summed E-state index contributed by atoms with van der Waals surface area (Å²) in [6, 6.07) is 28.2. The normalized spacial score (nSPS) is 13.6. The molecular formula is C51H63O5PS. The molecule has 0 aromatic heterocycles. The molecule has 3 N–H and O–H groups in total. The number of benzene rings is 6. The van der Waals surface area contributed by atoms with Crippen molar-refractivity contribution in [2.75, 3.05) is 0 Å². The first-order chi connectivity index (χ1) is 26.9. The van der Waals surface area contributed by atoms with E-state index >= 15 is 0 Å².